The van der Waals surface area contributed by atoms with Crippen molar-refractivity contribution in [1.29, 1.82) is 0 Å². The van der Waals surface area contributed by atoms with Crippen molar-refractivity contribution in [2.75, 3.05) is 6.61 Å². The molecule has 0 saturated carbocycles. The van der Waals surface area contributed by atoms with E-state index in [-0.39, 0.29) is 18.3 Å². The van der Waals surface area contributed by atoms with Gasteiger partial charge >= 0.3 is 0 Å². The van der Waals surface area contributed by atoms with Crippen LogP contribution in [0, 0.1) is 12.7 Å². The summed E-state index contributed by atoms with van der Waals surface area (Å²) in [5.74, 6) is -0.118. The number of hydrazone groups is 1. The van der Waals surface area contributed by atoms with Gasteiger partial charge in [0, 0.05) is 0 Å². The van der Waals surface area contributed by atoms with Crippen molar-refractivity contribution < 1.29 is 13.9 Å². The average Bonchev–Trinajstić information content (AvgIpc) is 2.48. The quantitative estimate of drug-likeness (QED) is 0.652. The molecule has 1 amide bonds. The molecule has 0 radical (unpaired) electrons. The summed E-state index contributed by atoms with van der Waals surface area (Å²) < 4.78 is 18.9. The fraction of sp³-hybridized carbons (Fsp3) is 0.125. The summed E-state index contributed by atoms with van der Waals surface area (Å²) in [5.41, 5.74) is 4.12. The Bertz CT molecular complexity index is 687. The lowest BCUT2D eigenvalue weighted by Crippen LogP contribution is -2.24. The largest absolute Gasteiger partial charge is 0.483 e. The maximum absolute atomic E-state index is 12.7. The highest BCUT2D eigenvalue weighted by molar-refractivity contribution is 9.10. The summed E-state index contributed by atoms with van der Waals surface area (Å²) in [6, 6.07) is 11.3. The van der Waals surface area contributed by atoms with Crippen molar-refractivity contribution in [3.8, 4) is 5.75 Å². The Morgan fingerprint density at radius 3 is 2.73 bits per heavy atom. The molecule has 0 heterocycles. The van der Waals surface area contributed by atoms with E-state index in [9.17, 15) is 9.18 Å². The lowest BCUT2D eigenvalue weighted by molar-refractivity contribution is -0.123. The van der Waals surface area contributed by atoms with Crippen molar-refractivity contribution in [3.05, 3.63) is 63.9 Å². The van der Waals surface area contributed by atoms with Crippen LogP contribution in [0.2, 0.25) is 0 Å². The highest BCUT2D eigenvalue weighted by Crippen LogP contribution is 2.25. The van der Waals surface area contributed by atoms with Gasteiger partial charge < -0.3 is 4.74 Å². The first-order chi connectivity index (χ1) is 10.5. The molecule has 2 rings (SSSR count). The summed E-state index contributed by atoms with van der Waals surface area (Å²) >= 11 is 3.37. The minimum Gasteiger partial charge on any atom is -0.483 e. The fourth-order valence-corrected chi connectivity index (χ4v) is 2.23. The van der Waals surface area contributed by atoms with E-state index >= 15 is 0 Å². The first-order valence-corrected chi connectivity index (χ1v) is 7.30. The molecular formula is C16H14BrFN2O2. The molecule has 0 saturated heterocycles. The topological polar surface area (TPSA) is 50.7 Å². The number of nitrogens with one attached hydrogen (secondary N) is 1. The summed E-state index contributed by atoms with van der Waals surface area (Å²) in [6.07, 6.45) is 1.43. The second-order valence-electron chi connectivity index (χ2n) is 4.57. The number of nitrogens with zero attached hydrogens (tertiary/aromatic N) is 1. The Hall–Kier alpha value is -2.21. The van der Waals surface area contributed by atoms with Crippen LogP contribution in [0.3, 0.4) is 0 Å². The van der Waals surface area contributed by atoms with Crippen LogP contribution in [0.25, 0.3) is 0 Å². The molecule has 4 nitrogen and oxygen atoms in total. The summed E-state index contributed by atoms with van der Waals surface area (Å²) in [7, 11) is 0. The third-order valence-corrected chi connectivity index (χ3v) is 3.34. The molecule has 0 aliphatic rings. The van der Waals surface area contributed by atoms with Gasteiger partial charge in [0.15, 0.2) is 6.61 Å². The number of aryl methyl sites for hydroxylation is 1. The lowest BCUT2D eigenvalue weighted by Gasteiger charge is -2.07. The second-order valence-corrected chi connectivity index (χ2v) is 5.42. The van der Waals surface area contributed by atoms with Gasteiger partial charge in [0.2, 0.25) is 0 Å². The lowest BCUT2D eigenvalue weighted by atomic mass is 10.2. The Balaban J connectivity index is 1.81. The SMILES string of the molecule is Cc1ccc(OCC(=O)N/N=C/c2ccc(F)cc2)c(Br)c1. The van der Waals surface area contributed by atoms with Gasteiger partial charge in [-0.1, -0.05) is 18.2 Å². The van der Waals surface area contributed by atoms with E-state index in [1.165, 1.54) is 18.3 Å². The number of ether oxygens (including phenoxy) is 1. The van der Waals surface area contributed by atoms with Gasteiger partial charge in [0.25, 0.3) is 5.91 Å². The van der Waals surface area contributed by atoms with E-state index in [0.717, 1.165) is 10.0 Å². The molecular weight excluding hydrogens is 351 g/mol. The molecule has 0 aliphatic heterocycles. The number of carbonyl (C=O) groups is 1. The van der Waals surface area contributed by atoms with Crippen LogP contribution in [0.4, 0.5) is 4.39 Å². The third-order valence-electron chi connectivity index (χ3n) is 2.72. The summed E-state index contributed by atoms with van der Waals surface area (Å²) in [5, 5.41) is 3.78. The van der Waals surface area contributed by atoms with E-state index in [1.54, 1.807) is 18.2 Å². The van der Waals surface area contributed by atoms with Crippen molar-refractivity contribution in [2.45, 2.75) is 6.92 Å². The number of carbonyl (C=O) groups excluding carboxylic acids is 1. The van der Waals surface area contributed by atoms with Crippen LogP contribution < -0.4 is 10.2 Å². The van der Waals surface area contributed by atoms with E-state index in [0.29, 0.717) is 11.3 Å². The zero-order valence-electron chi connectivity index (χ0n) is 11.8. The van der Waals surface area contributed by atoms with Crippen molar-refractivity contribution >= 4 is 28.1 Å². The molecule has 0 unspecified atom stereocenters. The zero-order chi connectivity index (χ0) is 15.9. The normalized spacial score (nSPS) is 10.7. The van der Waals surface area contributed by atoms with Gasteiger partial charge in [0.1, 0.15) is 11.6 Å². The fourth-order valence-electron chi connectivity index (χ4n) is 1.63. The Morgan fingerprint density at radius 2 is 2.05 bits per heavy atom. The third kappa shape index (κ3) is 4.96. The highest BCUT2D eigenvalue weighted by atomic mass is 79.9. The van der Waals surface area contributed by atoms with Crippen LogP contribution in [0.5, 0.6) is 5.75 Å². The minimum atomic E-state index is -0.383. The molecule has 0 fully saturated rings. The predicted octanol–water partition coefficient (Wildman–Crippen LogP) is 3.43. The molecule has 0 aromatic heterocycles. The van der Waals surface area contributed by atoms with Crippen LogP contribution in [-0.2, 0) is 4.79 Å². The molecule has 1 N–H and O–H groups in total. The van der Waals surface area contributed by atoms with Gasteiger partial charge in [-0.2, -0.15) is 5.10 Å². The Kier molecular flexibility index (Phi) is 5.66. The number of hydrogen-bond acceptors (Lipinski definition) is 3. The monoisotopic (exact) mass is 364 g/mol. The standard InChI is InChI=1S/C16H14BrFN2O2/c1-11-2-7-15(14(17)8-11)22-10-16(21)20-19-9-12-3-5-13(18)6-4-12/h2-9H,10H2,1H3,(H,20,21)/b19-9+. The molecule has 2 aromatic carbocycles. The molecule has 6 heteroatoms. The molecule has 2 aromatic rings. The summed E-state index contributed by atoms with van der Waals surface area (Å²) in [4.78, 5) is 11.6. The van der Waals surface area contributed by atoms with Gasteiger partial charge in [-0.15, -0.1) is 0 Å². The maximum atomic E-state index is 12.7. The second kappa shape index (κ2) is 7.70. The molecule has 0 spiro atoms. The van der Waals surface area contributed by atoms with Crippen molar-refractivity contribution in [3.63, 3.8) is 0 Å². The first kappa shape index (κ1) is 16.2. The van der Waals surface area contributed by atoms with E-state index in [1.807, 2.05) is 19.1 Å². The number of benzene rings is 2. The molecule has 114 valence electrons. The zero-order valence-corrected chi connectivity index (χ0v) is 13.4. The smallest absolute Gasteiger partial charge is 0.277 e. The predicted molar refractivity (Wildman–Crippen MR) is 86.5 cm³/mol. The van der Waals surface area contributed by atoms with E-state index < -0.39 is 0 Å². The van der Waals surface area contributed by atoms with Gasteiger partial charge in [-0.25, -0.2) is 9.82 Å². The van der Waals surface area contributed by atoms with Gasteiger partial charge in [-0.05, 0) is 58.2 Å². The average molecular weight is 365 g/mol. The maximum Gasteiger partial charge on any atom is 0.277 e. The van der Waals surface area contributed by atoms with Crippen molar-refractivity contribution in [1.82, 2.24) is 5.43 Å². The number of halogens is 2. The molecule has 0 bridgehead atoms. The molecule has 22 heavy (non-hydrogen) atoms. The van der Waals surface area contributed by atoms with E-state index in [2.05, 4.69) is 26.5 Å². The minimum absolute atomic E-state index is 0.150. The van der Waals surface area contributed by atoms with Crippen LogP contribution in [-0.4, -0.2) is 18.7 Å². The number of rotatable bonds is 5. The Morgan fingerprint density at radius 1 is 1.32 bits per heavy atom. The van der Waals surface area contributed by atoms with Crippen molar-refractivity contribution in [2.24, 2.45) is 5.10 Å². The number of hydrogen-bond donors (Lipinski definition) is 1. The Labute approximate surface area is 136 Å². The van der Waals surface area contributed by atoms with Gasteiger partial charge in [0.05, 0.1) is 10.7 Å². The first-order valence-electron chi connectivity index (χ1n) is 6.51. The number of amides is 1. The van der Waals surface area contributed by atoms with Crippen LogP contribution >= 0.6 is 15.9 Å². The molecule has 0 atom stereocenters. The van der Waals surface area contributed by atoms with E-state index in [4.69, 9.17) is 4.74 Å². The summed E-state index contributed by atoms with van der Waals surface area (Å²) in [6.45, 7) is 1.81. The van der Waals surface area contributed by atoms with Crippen LogP contribution in [0.15, 0.2) is 52.0 Å². The highest BCUT2D eigenvalue weighted by Gasteiger charge is 2.04. The van der Waals surface area contributed by atoms with Gasteiger partial charge in [-0.3, -0.25) is 4.79 Å². The molecule has 0 aliphatic carbocycles. The van der Waals surface area contributed by atoms with Crippen LogP contribution in [0.1, 0.15) is 11.1 Å².